The van der Waals surface area contributed by atoms with Crippen molar-refractivity contribution < 1.29 is 0 Å². The first kappa shape index (κ1) is 29.0. The van der Waals surface area contributed by atoms with Gasteiger partial charge in [0.15, 0.2) is 0 Å². The lowest BCUT2D eigenvalue weighted by Crippen LogP contribution is -2.27. The SMILES string of the molecule is CCC(C)CCCCC(C)CC(CC(C)CC)CC(C)C(C)C(C)C(C)C(C)C. The molecule has 176 valence electrons. The number of unbranched alkanes of at least 4 members (excludes halogenated alkanes) is 1. The monoisotopic (exact) mass is 408 g/mol. The van der Waals surface area contributed by atoms with Crippen LogP contribution in [0.4, 0.5) is 0 Å². The molecular formula is C29H60. The van der Waals surface area contributed by atoms with E-state index in [-0.39, 0.29) is 0 Å². The molecule has 0 heterocycles. The normalized spacial score (nSPS) is 20.7. The van der Waals surface area contributed by atoms with E-state index in [1.807, 2.05) is 0 Å². The fraction of sp³-hybridized carbons (Fsp3) is 1.00. The molecule has 0 heteroatoms. The van der Waals surface area contributed by atoms with Gasteiger partial charge in [0, 0.05) is 0 Å². The molecule has 0 aromatic rings. The van der Waals surface area contributed by atoms with Gasteiger partial charge >= 0.3 is 0 Å². The summed E-state index contributed by atoms with van der Waals surface area (Å²) in [6.07, 6.45) is 12.8. The summed E-state index contributed by atoms with van der Waals surface area (Å²) >= 11 is 0. The predicted octanol–water partition coefficient (Wildman–Crippen LogP) is 10.3. The molecule has 29 heavy (non-hydrogen) atoms. The third-order valence-corrected chi connectivity index (χ3v) is 8.82. The minimum Gasteiger partial charge on any atom is -0.0651 e. The third kappa shape index (κ3) is 12.4. The van der Waals surface area contributed by atoms with Gasteiger partial charge in [-0.15, -0.1) is 0 Å². The van der Waals surface area contributed by atoms with Gasteiger partial charge in [-0.2, -0.15) is 0 Å². The fourth-order valence-corrected chi connectivity index (χ4v) is 5.25. The zero-order chi connectivity index (χ0) is 22.6. The van der Waals surface area contributed by atoms with Crippen LogP contribution in [0.2, 0.25) is 0 Å². The molecule has 0 aromatic carbocycles. The third-order valence-electron chi connectivity index (χ3n) is 8.82. The Labute approximate surface area is 187 Å². The van der Waals surface area contributed by atoms with Gasteiger partial charge in [0.05, 0.1) is 0 Å². The second kappa shape index (κ2) is 15.8. The average Bonchev–Trinajstić information content (AvgIpc) is 2.68. The van der Waals surface area contributed by atoms with Gasteiger partial charge in [-0.05, 0) is 72.5 Å². The van der Waals surface area contributed by atoms with E-state index in [1.54, 1.807) is 0 Å². The summed E-state index contributed by atoms with van der Waals surface area (Å²) in [6, 6.07) is 0. The van der Waals surface area contributed by atoms with Crippen molar-refractivity contribution in [3.63, 3.8) is 0 Å². The van der Waals surface area contributed by atoms with Gasteiger partial charge < -0.3 is 0 Å². The minimum absolute atomic E-state index is 0.797. The van der Waals surface area contributed by atoms with Crippen molar-refractivity contribution in [2.45, 2.75) is 134 Å². The molecule has 0 saturated carbocycles. The molecule has 0 aliphatic heterocycles. The Morgan fingerprint density at radius 2 is 0.966 bits per heavy atom. The van der Waals surface area contributed by atoms with Crippen LogP contribution >= 0.6 is 0 Å². The largest absolute Gasteiger partial charge is 0.0651 e. The molecular weight excluding hydrogens is 348 g/mol. The van der Waals surface area contributed by atoms with Crippen LogP contribution in [0.3, 0.4) is 0 Å². The Bertz CT molecular complexity index is 370. The van der Waals surface area contributed by atoms with E-state index in [0.29, 0.717) is 0 Å². The molecule has 0 spiro atoms. The second-order valence-electron chi connectivity index (χ2n) is 11.8. The summed E-state index contributed by atoms with van der Waals surface area (Å²) in [6.45, 7) is 27.0. The highest BCUT2D eigenvalue weighted by atomic mass is 14.3. The van der Waals surface area contributed by atoms with Crippen LogP contribution in [0, 0.1) is 53.3 Å². The molecule has 0 fully saturated rings. The molecule has 0 saturated heterocycles. The van der Waals surface area contributed by atoms with Crippen molar-refractivity contribution in [1.29, 1.82) is 0 Å². The van der Waals surface area contributed by atoms with Crippen molar-refractivity contribution in [2.75, 3.05) is 0 Å². The molecule has 0 N–H and O–H groups in total. The summed E-state index contributed by atoms with van der Waals surface area (Å²) in [5.74, 6) is 7.75. The van der Waals surface area contributed by atoms with Crippen LogP contribution in [0.15, 0.2) is 0 Å². The summed E-state index contributed by atoms with van der Waals surface area (Å²) < 4.78 is 0. The van der Waals surface area contributed by atoms with E-state index in [2.05, 4.69) is 76.2 Å². The Kier molecular flexibility index (Phi) is 15.8. The van der Waals surface area contributed by atoms with Gasteiger partial charge in [0.2, 0.25) is 0 Å². The lowest BCUT2D eigenvalue weighted by Gasteiger charge is -2.35. The van der Waals surface area contributed by atoms with Gasteiger partial charge in [0.1, 0.15) is 0 Å². The Morgan fingerprint density at radius 1 is 0.483 bits per heavy atom. The molecule has 0 bridgehead atoms. The average molecular weight is 409 g/mol. The van der Waals surface area contributed by atoms with Crippen molar-refractivity contribution in [2.24, 2.45) is 53.3 Å². The van der Waals surface area contributed by atoms with Crippen LogP contribution in [0.5, 0.6) is 0 Å². The van der Waals surface area contributed by atoms with E-state index in [0.717, 1.165) is 53.3 Å². The molecule has 0 nitrogen and oxygen atoms in total. The number of hydrogen-bond donors (Lipinski definition) is 0. The van der Waals surface area contributed by atoms with Crippen LogP contribution in [0.25, 0.3) is 0 Å². The van der Waals surface area contributed by atoms with Crippen molar-refractivity contribution in [3.8, 4) is 0 Å². The Balaban J connectivity index is 4.71. The predicted molar refractivity (Wildman–Crippen MR) is 135 cm³/mol. The molecule has 0 amide bonds. The molecule has 8 atom stereocenters. The molecule has 0 radical (unpaired) electrons. The van der Waals surface area contributed by atoms with Crippen molar-refractivity contribution in [1.82, 2.24) is 0 Å². The number of rotatable bonds is 17. The van der Waals surface area contributed by atoms with Gasteiger partial charge in [-0.25, -0.2) is 0 Å². The molecule has 0 aliphatic rings. The highest BCUT2D eigenvalue weighted by Gasteiger charge is 2.28. The van der Waals surface area contributed by atoms with E-state index in [9.17, 15) is 0 Å². The van der Waals surface area contributed by atoms with E-state index in [4.69, 9.17) is 0 Å². The second-order valence-corrected chi connectivity index (χ2v) is 11.8. The molecule has 0 rings (SSSR count). The minimum atomic E-state index is 0.797. The number of hydrogen-bond acceptors (Lipinski definition) is 0. The van der Waals surface area contributed by atoms with Crippen LogP contribution in [-0.4, -0.2) is 0 Å². The summed E-state index contributed by atoms with van der Waals surface area (Å²) in [4.78, 5) is 0. The van der Waals surface area contributed by atoms with Crippen LogP contribution in [-0.2, 0) is 0 Å². The van der Waals surface area contributed by atoms with Crippen LogP contribution in [0.1, 0.15) is 134 Å². The lowest BCUT2D eigenvalue weighted by atomic mass is 9.71. The van der Waals surface area contributed by atoms with Crippen molar-refractivity contribution >= 4 is 0 Å². The summed E-state index contributed by atoms with van der Waals surface area (Å²) in [7, 11) is 0. The summed E-state index contributed by atoms with van der Waals surface area (Å²) in [5.41, 5.74) is 0. The van der Waals surface area contributed by atoms with Gasteiger partial charge in [0.25, 0.3) is 0 Å². The maximum Gasteiger partial charge on any atom is -0.0386 e. The maximum absolute atomic E-state index is 2.55. The van der Waals surface area contributed by atoms with E-state index >= 15 is 0 Å². The fourth-order valence-electron chi connectivity index (χ4n) is 5.25. The highest BCUT2D eigenvalue weighted by molar-refractivity contribution is 4.78. The molecule has 0 aromatic heterocycles. The standard InChI is InChI=1S/C29H60/c1-12-22(5)16-14-15-17-24(7)19-29(18-23(6)13-2)20-25(8)27(10)28(11)26(9)21(3)4/h21-29H,12-20H2,1-11H3. The van der Waals surface area contributed by atoms with E-state index in [1.165, 1.54) is 57.8 Å². The Hall–Kier alpha value is 0. The quantitative estimate of drug-likeness (QED) is 0.210. The van der Waals surface area contributed by atoms with Crippen LogP contribution < -0.4 is 0 Å². The smallest absolute Gasteiger partial charge is 0.0386 e. The molecule has 8 unspecified atom stereocenters. The first-order chi connectivity index (χ1) is 13.5. The zero-order valence-corrected chi connectivity index (χ0v) is 22.6. The summed E-state index contributed by atoms with van der Waals surface area (Å²) in [5, 5.41) is 0. The highest BCUT2D eigenvalue weighted by Crippen LogP contribution is 2.37. The molecule has 0 aliphatic carbocycles. The first-order valence-corrected chi connectivity index (χ1v) is 13.5. The Morgan fingerprint density at radius 3 is 1.45 bits per heavy atom. The van der Waals surface area contributed by atoms with E-state index < -0.39 is 0 Å². The van der Waals surface area contributed by atoms with Crippen molar-refractivity contribution in [3.05, 3.63) is 0 Å². The maximum atomic E-state index is 2.55. The zero-order valence-electron chi connectivity index (χ0n) is 22.6. The van der Waals surface area contributed by atoms with Gasteiger partial charge in [-0.1, -0.05) is 115 Å². The first-order valence-electron chi connectivity index (χ1n) is 13.5. The van der Waals surface area contributed by atoms with Gasteiger partial charge in [-0.3, -0.25) is 0 Å². The lowest BCUT2D eigenvalue weighted by molar-refractivity contribution is 0.147. The topological polar surface area (TPSA) is 0 Å².